The van der Waals surface area contributed by atoms with Crippen LogP contribution in [0, 0.1) is 11.7 Å². The van der Waals surface area contributed by atoms with E-state index < -0.39 is 11.8 Å². The number of halogens is 1. The first kappa shape index (κ1) is 15.5. The summed E-state index contributed by atoms with van der Waals surface area (Å²) < 4.78 is 20.0. The molecule has 0 bridgehead atoms. The highest BCUT2D eigenvalue weighted by atomic mass is 19.1. The largest absolute Gasteiger partial charge is 0.486 e. The van der Waals surface area contributed by atoms with E-state index in [1.165, 1.54) is 18.6 Å². The molecule has 1 N–H and O–H groups in total. The van der Waals surface area contributed by atoms with Crippen molar-refractivity contribution >= 4 is 12.0 Å². The Bertz CT molecular complexity index is 525. The van der Waals surface area contributed by atoms with Crippen molar-refractivity contribution in [1.82, 2.24) is 0 Å². The van der Waals surface area contributed by atoms with Crippen molar-refractivity contribution in [3.05, 3.63) is 35.7 Å². The van der Waals surface area contributed by atoms with Crippen molar-refractivity contribution in [3.63, 3.8) is 0 Å². The maximum Gasteiger partial charge on any atom is 0.328 e. The van der Waals surface area contributed by atoms with E-state index in [4.69, 9.17) is 9.84 Å². The number of benzene rings is 1. The van der Waals surface area contributed by atoms with E-state index >= 15 is 0 Å². The second-order valence-corrected chi connectivity index (χ2v) is 5.44. The lowest BCUT2D eigenvalue weighted by molar-refractivity contribution is -0.131. The molecule has 2 atom stereocenters. The molecule has 1 aliphatic carbocycles. The average molecular weight is 292 g/mol. The second kappa shape index (κ2) is 7.25. The van der Waals surface area contributed by atoms with Crippen molar-refractivity contribution in [1.29, 1.82) is 0 Å². The summed E-state index contributed by atoms with van der Waals surface area (Å²) in [5.74, 6) is -0.896. The molecule has 1 fully saturated rings. The van der Waals surface area contributed by atoms with Gasteiger partial charge in [-0.2, -0.15) is 0 Å². The van der Waals surface area contributed by atoms with Crippen LogP contribution in [0.1, 0.15) is 44.6 Å². The molecule has 0 aliphatic heterocycles. The van der Waals surface area contributed by atoms with Gasteiger partial charge in [-0.05, 0) is 43.7 Å². The van der Waals surface area contributed by atoms with Crippen molar-refractivity contribution < 1.29 is 19.0 Å². The lowest BCUT2D eigenvalue weighted by Crippen LogP contribution is -2.30. The summed E-state index contributed by atoms with van der Waals surface area (Å²) in [6.07, 6.45) is 7.73. The van der Waals surface area contributed by atoms with Crippen LogP contribution in [-0.2, 0) is 4.79 Å². The van der Waals surface area contributed by atoms with E-state index in [0.717, 1.165) is 31.8 Å². The van der Waals surface area contributed by atoms with Gasteiger partial charge in [0.05, 0.1) is 0 Å². The summed E-state index contributed by atoms with van der Waals surface area (Å²) in [4.78, 5) is 10.6. The van der Waals surface area contributed by atoms with Crippen LogP contribution in [0.15, 0.2) is 24.3 Å². The van der Waals surface area contributed by atoms with Crippen LogP contribution in [0.25, 0.3) is 6.08 Å². The maximum absolute atomic E-state index is 14.1. The Balaban J connectivity index is 2.23. The van der Waals surface area contributed by atoms with E-state index in [0.29, 0.717) is 11.5 Å². The molecule has 4 heteroatoms. The average Bonchev–Trinajstić information content (AvgIpc) is 2.48. The predicted molar refractivity (Wildman–Crippen MR) is 79.7 cm³/mol. The van der Waals surface area contributed by atoms with Gasteiger partial charge in [0, 0.05) is 11.6 Å². The highest BCUT2D eigenvalue weighted by Gasteiger charge is 2.26. The number of carboxylic acids is 1. The first-order valence-electron chi connectivity index (χ1n) is 7.48. The third kappa shape index (κ3) is 4.06. The Morgan fingerprint density at radius 2 is 2.19 bits per heavy atom. The van der Waals surface area contributed by atoms with Crippen LogP contribution in [0.5, 0.6) is 5.75 Å². The summed E-state index contributed by atoms with van der Waals surface area (Å²) in [7, 11) is 0. The van der Waals surface area contributed by atoms with Gasteiger partial charge in [-0.25, -0.2) is 9.18 Å². The van der Waals surface area contributed by atoms with E-state index in [-0.39, 0.29) is 11.9 Å². The summed E-state index contributed by atoms with van der Waals surface area (Å²) in [5, 5.41) is 8.72. The lowest BCUT2D eigenvalue weighted by Gasteiger charge is -2.31. The molecule has 114 valence electrons. The van der Waals surface area contributed by atoms with E-state index in [1.807, 2.05) is 0 Å². The van der Waals surface area contributed by atoms with Gasteiger partial charge in [0.15, 0.2) is 11.6 Å². The lowest BCUT2D eigenvalue weighted by atomic mass is 9.84. The van der Waals surface area contributed by atoms with Crippen LogP contribution < -0.4 is 4.74 Å². The van der Waals surface area contributed by atoms with Crippen LogP contribution in [-0.4, -0.2) is 17.2 Å². The van der Waals surface area contributed by atoms with Crippen LogP contribution >= 0.6 is 0 Å². The standard InChI is InChI=1S/C17H21FO3/c1-2-12-6-3-4-9-15(12)21-17-13(10-11-16(19)20)7-5-8-14(17)18/h5,7-8,10-12,15H,2-4,6,9H2,1H3,(H,19,20)/b11-10+. The quantitative estimate of drug-likeness (QED) is 0.824. The smallest absolute Gasteiger partial charge is 0.328 e. The SMILES string of the molecule is CCC1CCCCC1Oc1c(F)cccc1/C=C/C(=O)O. The van der Waals surface area contributed by atoms with Gasteiger partial charge in [-0.1, -0.05) is 25.5 Å². The maximum atomic E-state index is 14.1. The number of ether oxygens (including phenoxy) is 1. The molecule has 0 spiro atoms. The van der Waals surface area contributed by atoms with Crippen LogP contribution in [0.2, 0.25) is 0 Å². The normalized spacial score (nSPS) is 22.4. The zero-order valence-electron chi connectivity index (χ0n) is 12.2. The minimum Gasteiger partial charge on any atom is -0.486 e. The molecular weight excluding hydrogens is 271 g/mol. The third-order valence-electron chi connectivity index (χ3n) is 4.04. The molecule has 0 heterocycles. The minimum absolute atomic E-state index is 0.0117. The van der Waals surface area contributed by atoms with Gasteiger partial charge < -0.3 is 9.84 Å². The number of hydrogen-bond donors (Lipinski definition) is 1. The molecule has 21 heavy (non-hydrogen) atoms. The first-order valence-corrected chi connectivity index (χ1v) is 7.48. The van der Waals surface area contributed by atoms with Crippen LogP contribution in [0.3, 0.4) is 0 Å². The minimum atomic E-state index is -1.06. The third-order valence-corrected chi connectivity index (χ3v) is 4.04. The van der Waals surface area contributed by atoms with Gasteiger partial charge in [-0.3, -0.25) is 0 Å². The van der Waals surface area contributed by atoms with Gasteiger partial charge in [0.1, 0.15) is 6.10 Å². The monoisotopic (exact) mass is 292 g/mol. The molecule has 0 saturated heterocycles. The first-order chi connectivity index (χ1) is 10.1. The van der Waals surface area contributed by atoms with E-state index in [9.17, 15) is 9.18 Å². The number of carbonyl (C=O) groups is 1. The van der Waals surface area contributed by atoms with Gasteiger partial charge in [0.25, 0.3) is 0 Å². The topological polar surface area (TPSA) is 46.5 Å². The van der Waals surface area contributed by atoms with Crippen molar-refractivity contribution in [2.75, 3.05) is 0 Å². The molecule has 1 aliphatic rings. The molecule has 0 amide bonds. The molecular formula is C17H21FO3. The molecule has 1 aromatic rings. The second-order valence-electron chi connectivity index (χ2n) is 5.44. The van der Waals surface area contributed by atoms with Gasteiger partial charge >= 0.3 is 5.97 Å². The number of aliphatic carboxylic acids is 1. The molecule has 2 unspecified atom stereocenters. The summed E-state index contributed by atoms with van der Waals surface area (Å²) in [6, 6.07) is 4.57. The van der Waals surface area contributed by atoms with Crippen molar-refractivity contribution in [2.24, 2.45) is 5.92 Å². The molecule has 1 aromatic carbocycles. The molecule has 0 radical (unpaired) electrons. The Morgan fingerprint density at radius 1 is 1.43 bits per heavy atom. The number of carboxylic acid groups (broad SMARTS) is 1. The fraction of sp³-hybridized carbons (Fsp3) is 0.471. The zero-order valence-corrected chi connectivity index (χ0v) is 12.2. The van der Waals surface area contributed by atoms with Gasteiger partial charge in [0.2, 0.25) is 0 Å². The molecule has 1 saturated carbocycles. The Morgan fingerprint density at radius 3 is 2.90 bits per heavy atom. The fourth-order valence-electron chi connectivity index (χ4n) is 2.89. The summed E-state index contributed by atoms with van der Waals surface area (Å²) in [6.45, 7) is 2.12. The highest BCUT2D eigenvalue weighted by molar-refractivity contribution is 5.85. The summed E-state index contributed by atoms with van der Waals surface area (Å²) >= 11 is 0. The Labute approximate surface area is 124 Å². The fourth-order valence-corrected chi connectivity index (χ4v) is 2.89. The number of para-hydroxylation sites is 1. The molecule has 3 nitrogen and oxygen atoms in total. The molecule has 2 rings (SSSR count). The number of rotatable bonds is 5. The Hall–Kier alpha value is -1.84. The van der Waals surface area contributed by atoms with Gasteiger partial charge in [-0.15, -0.1) is 0 Å². The van der Waals surface area contributed by atoms with Crippen molar-refractivity contribution in [3.8, 4) is 5.75 Å². The highest BCUT2D eigenvalue weighted by Crippen LogP contribution is 2.33. The summed E-state index contributed by atoms with van der Waals surface area (Å²) in [5.41, 5.74) is 0.470. The Kier molecular flexibility index (Phi) is 5.37. The number of hydrogen-bond acceptors (Lipinski definition) is 2. The van der Waals surface area contributed by atoms with Crippen LogP contribution in [0.4, 0.5) is 4.39 Å². The predicted octanol–water partition coefficient (Wildman–Crippen LogP) is 4.27. The zero-order chi connectivity index (χ0) is 15.2. The van der Waals surface area contributed by atoms with E-state index in [2.05, 4.69) is 6.92 Å². The molecule has 0 aromatic heterocycles. The van der Waals surface area contributed by atoms with E-state index in [1.54, 1.807) is 12.1 Å². The van der Waals surface area contributed by atoms with Crippen molar-refractivity contribution in [2.45, 2.75) is 45.1 Å².